The van der Waals surface area contributed by atoms with Gasteiger partial charge in [0.2, 0.25) is 10.0 Å². The van der Waals surface area contributed by atoms with Crippen LogP contribution in [0, 0.1) is 0 Å². The average molecular weight is 338 g/mol. The van der Waals surface area contributed by atoms with Crippen LogP contribution in [0.25, 0.3) is 0 Å². The molecule has 0 radical (unpaired) electrons. The second-order valence-corrected chi connectivity index (χ2v) is 8.79. The van der Waals surface area contributed by atoms with Gasteiger partial charge in [-0.25, -0.2) is 13.1 Å². The van der Waals surface area contributed by atoms with Gasteiger partial charge in [-0.1, -0.05) is 17.7 Å². The summed E-state index contributed by atoms with van der Waals surface area (Å²) in [4.78, 5) is 0.708. The summed E-state index contributed by atoms with van der Waals surface area (Å²) < 4.78 is 26.9. The summed E-state index contributed by atoms with van der Waals surface area (Å²) in [6, 6.07) is 6.54. The van der Waals surface area contributed by atoms with Gasteiger partial charge in [-0.3, -0.25) is 0 Å². The Morgan fingerprint density at radius 3 is 2.68 bits per heavy atom. The minimum absolute atomic E-state index is 0.0919. The monoisotopic (exact) mass is 337 g/mol. The molecule has 0 aromatic carbocycles. The predicted molar refractivity (Wildman–Crippen MR) is 78.4 cm³/mol. The molecule has 0 spiro atoms. The highest BCUT2D eigenvalue weighted by Gasteiger charge is 2.27. The van der Waals surface area contributed by atoms with Crippen LogP contribution in [0.15, 0.2) is 33.9 Å². The number of rotatable bonds is 5. The Morgan fingerprint density at radius 1 is 1.42 bits per heavy atom. The largest absolute Gasteiger partial charge is 0.383 e. The third-order valence-electron chi connectivity index (χ3n) is 2.47. The Labute approximate surface area is 124 Å². The molecule has 0 amide bonds. The Hall–Kier alpha value is -0.440. The molecule has 4 nitrogen and oxygen atoms in total. The van der Waals surface area contributed by atoms with E-state index < -0.39 is 15.6 Å². The molecule has 0 unspecified atom stereocenters. The van der Waals surface area contributed by atoms with Gasteiger partial charge in [0.15, 0.2) is 0 Å². The number of halogens is 1. The molecule has 1 atom stereocenters. The minimum Gasteiger partial charge on any atom is -0.383 e. The first-order valence-electron chi connectivity index (χ1n) is 5.33. The fraction of sp³-hybridized carbons (Fsp3) is 0.273. The zero-order chi connectivity index (χ0) is 14.1. The van der Waals surface area contributed by atoms with Gasteiger partial charge in [0.05, 0.1) is 4.34 Å². The smallest absolute Gasteiger partial charge is 0.250 e. The minimum atomic E-state index is -3.64. The SMILES string of the molecule is C[C@](O)(CNS(=O)(=O)c1ccc(Cl)s1)c1cccs1. The Balaban J connectivity index is 2.10. The van der Waals surface area contributed by atoms with Crippen LogP contribution in [-0.4, -0.2) is 20.1 Å². The molecule has 2 N–H and O–H groups in total. The molecule has 8 heteroatoms. The maximum Gasteiger partial charge on any atom is 0.250 e. The van der Waals surface area contributed by atoms with Crippen molar-refractivity contribution in [3.05, 3.63) is 38.9 Å². The van der Waals surface area contributed by atoms with Gasteiger partial charge in [-0.2, -0.15) is 0 Å². The van der Waals surface area contributed by atoms with E-state index >= 15 is 0 Å². The van der Waals surface area contributed by atoms with Crippen molar-refractivity contribution in [2.45, 2.75) is 16.7 Å². The first kappa shape index (κ1) is 15.0. The first-order chi connectivity index (χ1) is 8.81. The molecule has 2 aromatic rings. The number of aliphatic hydroxyl groups is 1. The van der Waals surface area contributed by atoms with Crippen LogP contribution < -0.4 is 4.72 Å². The number of sulfonamides is 1. The lowest BCUT2D eigenvalue weighted by Crippen LogP contribution is -2.37. The predicted octanol–water partition coefficient (Wildman–Crippen LogP) is 2.65. The molecule has 2 heterocycles. The van der Waals surface area contributed by atoms with E-state index in [0.717, 1.165) is 11.3 Å². The summed E-state index contributed by atoms with van der Waals surface area (Å²) in [5.41, 5.74) is -1.23. The molecule has 104 valence electrons. The van der Waals surface area contributed by atoms with Gasteiger partial charge in [0.25, 0.3) is 0 Å². The maximum atomic E-state index is 12.0. The molecule has 2 rings (SSSR count). The second-order valence-electron chi connectivity index (χ2n) is 4.13. The standard InChI is InChI=1S/C11H12ClNO3S3/c1-11(14,8-3-2-6-17-8)7-13-19(15,16)10-5-4-9(12)18-10/h2-6,13-14H,7H2,1H3/t11-/m0/s1. The normalized spacial score (nSPS) is 15.3. The Bertz CT molecular complexity index is 647. The van der Waals surface area contributed by atoms with Crippen molar-refractivity contribution < 1.29 is 13.5 Å². The van der Waals surface area contributed by atoms with E-state index in [1.54, 1.807) is 13.0 Å². The molecular weight excluding hydrogens is 326 g/mol. The van der Waals surface area contributed by atoms with E-state index in [1.807, 2.05) is 11.4 Å². The van der Waals surface area contributed by atoms with E-state index in [1.165, 1.54) is 23.5 Å². The molecule has 0 aliphatic carbocycles. The van der Waals surface area contributed by atoms with Crippen molar-refractivity contribution in [1.29, 1.82) is 0 Å². The fourth-order valence-corrected chi connectivity index (χ4v) is 4.87. The molecule has 2 aromatic heterocycles. The van der Waals surface area contributed by atoms with Crippen molar-refractivity contribution in [1.82, 2.24) is 4.72 Å². The number of thiophene rings is 2. The average Bonchev–Trinajstić information content (AvgIpc) is 2.97. The van der Waals surface area contributed by atoms with E-state index in [-0.39, 0.29) is 10.8 Å². The summed E-state index contributed by atoms with van der Waals surface area (Å²) >= 11 is 8.07. The first-order valence-corrected chi connectivity index (χ1v) is 8.88. The highest BCUT2D eigenvalue weighted by molar-refractivity contribution is 7.91. The summed E-state index contributed by atoms with van der Waals surface area (Å²) in [6.07, 6.45) is 0. The Morgan fingerprint density at radius 2 is 2.16 bits per heavy atom. The number of hydrogen-bond acceptors (Lipinski definition) is 5. The van der Waals surface area contributed by atoms with Crippen LogP contribution in [0.4, 0.5) is 0 Å². The molecule has 0 bridgehead atoms. The van der Waals surface area contributed by atoms with Crippen molar-refractivity contribution in [3.63, 3.8) is 0 Å². The molecule has 0 fully saturated rings. The third-order valence-corrected chi connectivity index (χ3v) is 6.72. The molecular formula is C11H12ClNO3S3. The zero-order valence-corrected chi connectivity index (χ0v) is 13.2. The molecule has 0 saturated heterocycles. The molecule has 0 aliphatic heterocycles. The maximum absolute atomic E-state index is 12.0. The molecule has 0 saturated carbocycles. The number of nitrogens with one attached hydrogen (secondary N) is 1. The zero-order valence-electron chi connectivity index (χ0n) is 9.96. The Kier molecular flexibility index (Phi) is 4.34. The van der Waals surface area contributed by atoms with Gasteiger partial charge < -0.3 is 5.11 Å². The van der Waals surface area contributed by atoms with E-state index in [0.29, 0.717) is 9.21 Å². The van der Waals surface area contributed by atoms with Crippen molar-refractivity contribution in [3.8, 4) is 0 Å². The van der Waals surface area contributed by atoms with Crippen LogP contribution in [0.3, 0.4) is 0 Å². The third kappa shape index (κ3) is 3.56. The highest BCUT2D eigenvalue weighted by atomic mass is 35.5. The van der Waals surface area contributed by atoms with Crippen molar-refractivity contribution in [2.75, 3.05) is 6.54 Å². The van der Waals surface area contributed by atoms with Gasteiger partial charge in [-0.05, 0) is 30.5 Å². The second kappa shape index (κ2) is 5.51. The van der Waals surface area contributed by atoms with Gasteiger partial charge in [0.1, 0.15) is 9.81 Å². The van der Waals surface area contributed by atoms with Crippen LogP contribution in [-0.2, 0) is 15.6 Å². The van der Waals surface area contributed by atoms with Gasteiger partial charge >= 0.3 is 0 Å². The van der Waals surface area contributed by atoms with E-state index in [9.17, 15) is 13.5 Å². The number of hydrogen-bond donors (Lipinski definition) is 2. The van der Waals surface area contributed by atoms with Crippen molar-refractivity contribution in [2.24, 2.45) is 0 Å². The van der Waals surface area contributed by atoms with Crippen LogP contribution >= 0.6 is 34.3 Å². The molecule has 0 aliphatic rings. The summed E-state index contributed by atoms with van der Waals surface area (Å²) in [6.45, 7) is 1.48. The van der Waals surface area contributed by atoms with Gasteiger partial charge in [0, 0.05) is 11.4 Å². The van der Waals surface area contributed by atoms with Gasteiger partial charge in [-0.15, -0.1) is 22.7 Å². The summed E-state index contributed by atoms with van der Waals surface area (Å²) in [7, 11) is -3.64. The topological polar surface area (TPSA) is 66.4 Å². The van der Waals surface area contributed by atoms with Crippen LogP contribution in [0.1, 0.15) is 11.8 Å². The van der Waals surface area contributed by atoms with E-state index in [2.05, 4.69) is 4.72 Å². The van der Waals surface area contributed by atoms with Crippen LogP contribution in [0.5, 0.6) is 0 Å². The quantitative estimate of drug-likeness (QED) is 0.881. The van der Waals surface area contributed by atoms with E-state index in [4.69, 9.17) is 11.6 Å². The lowest BCUT2D eigenvalue weighted by Gasteiger charge is -2.21. The summed E-state index contributed by atoms with van der Waals surface area (Å²) in [5.74, 6) is 0. The lowest BCUT2D eigenvalue weighted by atomic mass is 10.1. The highest BCUT2D eigenvalue weighted by Crippen LogP contribution is 2.27. The summed E-state index contributed by atoms with van der Waals surface area (Å²) in [5, 5.41) is 12.1. The lowest BCUT2D eigenvalue weighted by molar-refractivity contribution is 0.0666. The van der Waals surface area contributed by atoms with Crippen LogP contribution in [0.2, 0.25) is 4.34 Å². The molecule has 19 heavy (non-hydrogen) atoms. The van der Waals surface area contributed by atoms with Crippen molar-refractivity contribution >= 4 is 44.3 Å². The fourth-order valence-electron chi connectivity index (χ4n) is 1.42.